The van der Waals surface area contributed by atoms with E-state index in [-0.39, 0.29) is 5.91 Å². The van der Waals surface area contributed by atoms with Crippen LogP contribution in [0.1, 0.15) is 26.7 Å². The molecule has 1 aliphatic heterocycles. The number of hydrogen-bond acceptors (Lipinski definition) is 2. The Morgan fingerprint density at radius 1 is 1.45 bits per heavy atom. The average Bonchev–Trinajstić information content (AvgIpc) is 2.02. The first-order valence-electron chi connectivity index (χ1n) is 3.69. The van der Waals surface area contributed by atoms with Crippen LogP contribution in [0.4, 0.5) is 0 Å². The molecule has 0 aromatic carbocycles. The molecule has 1 heterocycles. The maximum absolute atomic E-state index is 10.7. The lowest BCUT2D eigenvalue weighted by Crippen LogP contribution is -2.26. The molecule has 0 saturated carbocycles. The summed E-state index contributed by atoms with van der Waals surface area (Å²) in [5, 5.41) is 5.24. The second-order valence-corrected chi connectivity index (χ2v) is 2.81. The Hall–Kier alpha value is -0.380. The number of carbonyl (C=O) groups is 1. The summed E-state index contributed by atoms with van der Waals surface area (Å²) in [6.07, 6.45) is 1.31. The third kappa shape index (κ3) is 3.51. The van der Waals surface area contributed by atoms with Gasteiger partial charge in [-0.15, -0.1) is 0 Å². The average molecular weight is 221 g/mol. The summed E-state index contributed by atoms with van der Waals surface area (Å²) >= 11 is 3.21. The highest BCUT2D eigenvalue weighted by Crippen LogP contribution is 2.09. The maximum atomic E-state index is 10.7. The van der Waals surface area contributed by atoms with Crippen LogP contribution in [-0.4, -0.2) is 22.6 Å². The van der Waals surface area contributed by atoms with Crippen molar-refractivity contribution in [1.29, 1.82) is 0 Å². The van der Waals surface area contributed by atoms with Crippen molar-refractivity contribution in [3.8, 4) is 0 Å². The van der Waals surface area contributed by atoms with E-state index in [0.717, 1.165) is 11.0 Å². The summed E-state index contributed by atoms with van der Waals surface area (Å²) in [6, 6.07) is 0. The van der Waals surface area contributed by atoms with Crippen molar-refractivity contribution >= 4 is 26.5 Å². The molecule has 1 amide bonds. The molecule has 0 aromatic rings. The molecular weight excluding hydrogens is 208 g/mol. The van der Waals surface area contributed by atoms with E-state index in [1.165, 1.54) is 5.01 Å². The Morgan fingerprint density at radius 2 is 2.00 bits per heavy atom. The predicted octanol–water partition coefficient (Wildman–Crippen LogP) is 1.97. The fraction of sp³-hybridized carbons (Fsp3) is 0.714. The van der Waals surface area contributed by atoms with E-state index in [1.54, 1.807) is 7.05 Å². The zero-order valence-corrected chi connectivity index (χ0v) is 8.68. The Kier molecular flexibility index (Phi) is 5.11. The largest absolute Gasteiger partial charge is 0.273 e. The minimum absolute atomic E-state index is 0.0817. The van der Waals surface area contributed by atoms with Crippen LogP contribution in [0.3, 0.4) is 0 Å². The Balaban J connectivity index is 0.000000461. The standard InChI is InChI=1S/C5H7BrN2O.C2H6/c1-8-5(9)3-2-4(6)7-8;1-2/h2-3H2,1H3;1-2H3. The molecule has 0 atom stereocenters. The summed E-state index contributed by atoms with van der Waals surface area (Å²) < 4.78 is 0.851. The first-order chi connectivity index (χ1) is 5.20. The topological polar surface area (TPSA) is 32.7 Å². The van der Waals surface area contributed by atoms with E-state index < -0.39 is 0 Å². The van der Waals surface area contributed by atoms with Gasteiger partial charge in [0.15, 0.2) is 0 Å². The van der Waals surface area contributed by atoms with E-state index in [4.69, 9.17) is 0 Å². The zero-order valence-electron chi connectivity index (χ0n) is 7.09. The van der Waals surface area contributed by atoms with Crippen molar-refractivity contribution < 1.29 is 4.79 Å². The van der Waals surface area contributed by atoms with E-state index in [9.17, 15) is 4.79 Å². The van der Waals surface area contributed by atoms with Gasteiger partial charge < -0.3 is 0 Å². The molecule has 0 N–H and O–H groups in total. The molecular formula is C7H13BrN2O. The van der Waals surface area contributed by atoms with E-state index >= 15 is 0 Å². The lowest BCUT2D eigenvalue weighted by atomic mass is 10.3. The van der Waals surface area contributed by atoms with Crippen molar-refractivity contribution in [3.05, 3.63) is 0 Å². The van der Waals surface area contributed by atoms with E-state index in [2.05, 4.69) is 21.0 Å². The molecule has 0 spiro atoms. The van der Waals surface area contributed by atoms with E-state index in [1.807, 2.05) is 13.8 Å². The van der Waals surface area contributed by atoms with Gasteiger partial charge in [0.25, 0.3) is 0 Å². The highest BCUT2D eigenvalue weighted by atomic mass is 79.9. The SMILES string of the molecule is CC.CN1N=C(Br)CCC1=O. The van der Waals surface area contributed by atoms with Crippen molar-refractivity contribution in [2.75, 3.05) is 7.05 Å². The number of nitrogens with zero attached hydrogens (tertiary/aromatic N) is 2. The second kappa shape index (κ2) is 5.29. The van der Waals surface area contributed by atoms with Gasteiger partial charge >= 0.3 is 0 Å². The molecule has 1 aliphatic rings. The van der Waals surface area contributed by atoms with Crippen LogP contribution >= 0.6 is 15.9 Å². The summed E-state index contributed by atoms with van der Waals surface area (Å²) in [7, 11) is 1.66. The zero-order chi connectivity index (χ0) is 8.85. The second-order valence-electron chi connectivity index (χ2n) is 1.89. The van der Waals surface area contributed by atoms with Crippen molar-refractivity contribution in [1.82, 2.24) is 5.01 Å². The Morgan fingerprint density at radius 3 is 2.36 bits per heavy atom. The number of amides is 1. The molecule has 0 bridgehead atoms. The van der Waals surface area contributed by atoms with E-state index in [0.29, 0.717) is 6.42 Å². The van der Waals surface area contributed by atoms with Crippen molar-refractivity contribution in [2.24, 2.45) is 5.10 Å². The third-order valence-corrected chi connectivity index (χ3v) is 1.72. The minimum Gasteiger partial charge on any atom is -0.273 e. The summed E-state index contributed by atoms with van der Waals surface area (Å²) in [6.45, 7) is 4.00. The number of halogens is 1. The minimum atomic E-state index is 0.0817. The van der Waals surface area contributed by atoms with Crippen LogP contribution in [0.2, 0.25) is 0 Å². The summed E-state index contributed by atoms with van der Waals surface area (Å²) in [4.78, 5) is 10.7. The molecule has 0 aliphatic carbocycles. The highest BCUT2D eigenvalue weighted by molar-refractivity contribution is 9.18. The van der Waals surface area contributed by atoms with Crippen LogP contribution in [0.5, 0.6) is 0 Å². The molecule has 0 fully saturated rings. The van der Waals surface area contributed by atoms with Gasteiger partial charge in [-0.05, 0) is 15.9 Å². The van der Waals surface area contributed by atoms with Crippen LogP contribution in [-0.2, 0) is 4.79 Å². The molecule has 0 saturated heterocycles. The van der Waals surface area contributed by atoms with Crippen LogP contribution in [0.25, 0.3) is 0 Å². The molecule has 4 heteroatoms. The monoisotopic (exact) mass is 220 g/mol. The smallest absolute Gasteiger partial charge is 0.242 e. The van der Waals surface area contributed by atoms with Gasteiger partial charge in [-0.25, -0.2) is 5.01 Å². The first-order valence-corrected chi connectivity index (χ1v) is 4.49. The lowest BCUT2D eigenvalue weighted by Gasteiger charge is -2.15. The van der Waals surface area contributed by atoms with Gasteiger partial charge in [-0.3, -0.25) is 4.79 Å². The van der Waals surface area contributed by atoms with Crippen molar-refractivity contribution in [2.45, 2.75) is 26.7 Å². The van der Waals surface area contributed by atoms with Gasteiger partial charge in [0.1, 0.15) is 4.62 Å². The predicted molar refractivity (Wildman–Crippen MR) is 49.7 cm³/mol. The summed E-state index contributed by atoms with van der Waals surface area (Å²) in [5.74, 6) is 0.0817. The van der Waals surface area contributed by atoms with Gasteiger partial charge in [-0.1, -0.05) is 13.8 Å². The molecule has 11 heavy (non-hydrogen) atoms. The third-order valence-electron chi connectivity index (χ3n) is 1.16. The van der Waals surface area contributed by atoms with Crippen LogP contribution < -0.4 is 0 Å². The molecule has 3 nitrogen and oxygen atoms in total. The molecule has 64 valence electrons. The Bertz CT molecular complexity index is 168. The lowest BCUT2D eigenvalue weighted by molar-refractivity contribution is -0.130. The number of hydrazone groups is 1. The van der Waals surface area contributed by atoms with Crippen molar-refractivity contribution in [3.63, 3.8) is 0 Å². The maximum Gasteiger partial charge on any atom is 0.242 e. The van der Waals surface area contributed by atoms with Gasteiger partial charge in [0.05, 0.1) is 0 Å². The number of hydrogen-bond donors (Lipinski definition) is 0. The molecule has 1 rings (SSSR count). The quantitative estimate of drug-likeness (QED) is 0.615. The van der Waals surface area contributed by atoms with Gasteiger partial charge in [0, 0.05) is 19.9 Å². The Labute approximate surface area is 75.6 Å². The molecule has 0 aromatic heterocycles. The highest BCUT2D eigenvalue weighted by Gasteiger charge is 2.13. The van der Waals surface area contributed by atoms with Crippen LogP contribution in [0.15, 0.2) is 5.10 Å². The van der Waals surface area contributed by atoms with Gasteiger partial charge in [0.2, 0.25) is 5.91 Å². The fourth-order valence-corrected chi connectivity index (χ4v) is 1.08. The first kappa shape index (κ1) is 10.6. The molecule has 0 unspecified atom stereocenters. The summed E-state index contributed by atoms with van der Waals surface area (Å²) in [5.41, 5.74) is 0. The fourth-order valence-electron chi connectivity index (χ4n) is 0.640. The normalized spacial score (nSPS) is 16.9. The number of carbonyl (C=O) groups excluding carboxylic acids is 1. The van der Waals surface area contributed by atoms with Crippen LogP contribution in [0, 0.1) is 0 Å². The van der Waals surface area contributed by atoms with Gasteiger partial charge in [-0.2, -0.15) is 5.10 Å². The number of rotatable bonds is 0. The molecule has 0 radical (unpaired) electrons.